The van der Waals surface area contributed by atoms with Crippen molar-refractivity contribution in [2.75, 3.05) is 5.32 Å². The van der Waals surface area contributed by atoms with E-state index in [2.05, 4.69) is 15.3 Å². The van der Waals surface area contributed by atoms with Crippen molar-refractivity contribution in [3.63, 3.8) is 0 Å². The molecule has 0 spiro atoms. The van der Waals surface area contributed by atoms with Crippen LogP contribution in [0.3, 0.4) is 0 Å². The minimum atomic E-state index is 0.119. The van der Waals surface area contributed by atoms with Gasteiger partial charge in [-0.1, -0.05) is 18.2 Å². The van der Waals surface area contributed by atoms with E-state index in [1.807, 2.05) is 57.2 Å². The fourth-order valence-corrected chi connectivity index (χ4v) is 1.93. The molecule has 1 heterocycles. The molecule has 0 amide bonds. The molecule has 0 bridgehead atoms. The van der Waals surface area contributed by atoms with Crippen molar-refractivity contribution in [1.82, 2.24) is 4.98 Å². The first-order valence-corrected chi connectivity index (χ1v) is 7.29. The van der Waals surface area contributed by atoms with Crippen molar-refractivity contribution in [1.29, 1.82) is 0 Å². The molecule has 1 aromatic heterocycles. The van der Waals surface area contributed by atoms with E-state index < -0.39 is 0 Å². The Labute approximate surface area is 131 Å². The van der Waals surface area contributed by atoms with Gasteiger partial charge in [-0.3, -0.25) is 0 Å². The SMILES string of the molecule is Cc1ccc(CN=C(N)Nc2ccccn2)c(OC(C)C)c1. The fraction of sp³-hybridized carbons (Fsp3) is 0.294. The lowest BCUT2D eigenvalue weighted by Gasteiger charge is -2.14. The van der Waals surface area contributed by atoms with Crippen LogP contribution >= 0.6 is 0 Å². The topological polar surface area (TPSA) is 72.5 Å². The van der Waals surface area contributed by atoms with Crippen molar-refractivity contribution < 1.29 is 4.74 Å². The van der Waals surface area contributed by atoms with Crippen LogP contribution in [0.2, 0.25) is 0 Å². The summed E-state index contributed by atoms with van der Waals surface area (Å²) in [6.45, 7) is 6.50. The average Bonchev–Trinajstić information content (AvgIpc) is 2.47. The van der Waals surface area contributed by atoms with Gasteiger partial charge in [-0.25, -0.2) is 9.98 Å². The van der Waals surface area contributed by atoms with E-state index in [1.165, 1.54) is 0 Å². The summed E-state index contributed by atoms with van der Waals surface area (Å²) >= 11 is 0. The smallest absolute Gasteiger partial charge is 0.194 e. The van der Waals surface area contributed by atoms with Crippen LogP contribution in [0.5, 0.6) is 5.75 Å². The largest absolute Gasteiger partial charge is 0.491 e. The number of pyridine rings is 1. The summed E-state index contributed by atoms with van der Waals surface area (Å²) in [6, 6.07) is 11.7. The van der Waals surface area contributed by atoms with Crippen LogP contribution in [-0.2, 0) is 6.54 Å². The monoisotopic (exact) mass is 298 g/mol. The van der Waals surface area contributed by atoms with E-state index in [1.54, 1.807) is 6.20 Å². The van der Waals surface area contributed by atoms with Gasteiger partial charge in [0, 0.05) is 11.8 Å². The number of aromatic nitrogens is 1. The van der Waals surface area contributed by atoms with E-state index in [4.69, 9.17) is 10.5 Å². The maximum Gasteiger partial charge on any atom is 0.194 e. The summed E-state index contributed by atoms with van der Waals surface area (Å²) in [5.74, 6) is 1.85. The quantitative estimate of drug-likeness (QED) is 0.657. The molecule has 0 saturated heterocycles. The molecule has 5 nitrogen and oxygen atoms in total. The Balaban J connectivity index is 2.08. The second-order valence-corrected chi connectivity index (χ2v) is 5.32. The van der Waals surface area contributed by atoms with Crippen LogP contribution in [-0.4, -0.2) is 17.0 Å². The van der Waals surface area contributed by atoms with Gasteiger partial charge in [0.1, 0.15) is 11.6 Å². The first-order valence-electron chi connectivity index (χ1n) is 7.29. The molecule has 0 aliphatic heterocycles. The number of hydrogen-bond acceptors (Lipinski definition) is 3. The number of aryl methyl sites for hydroxylation is 1. The van der Waals surface area contributed by atoms with E-state index in [-0.39, 0.29) is 6.10 Å². The van der Waals surface area contributed by atoms with Gasteiger partial charge in [-0.15, -0.1) is 0 Å². The van der Waals surface area contributed by atoms with E-state index in [0.29, 0.717) is 18.3 Å². The molecule has 0 fully saturated rings. The Morgan fingerprint density at radius 3 is 2.82 bits per heavy atom. The van der Waals surface area contributed by atoms with Gasteiger partial charge < -0.3 is 15.8 Å². The highest BCUT2D eigenvalue weighted by molar-refractivity contribution is 5.91. The number of nitrogens with one attached hydrogen (secondary N) is 1. The molecule has 0 saturated carbocycles. The van der Waals surface area contributed by atoms with Crippen molar-refractivity contribution in [2.45, 2.75) is 33.4 Å². The molecule has 0 aliphatic rings. The van der Waals surface area contributed by atoms with Crippen LogP contribution in [0, 0.1) is 6.92 Å². The summed E-state index contributed by atoms with van der Waals surface area (Å²) in [5, 5.41) is 2.96. The zero-order chi connectivity index (χ0) is 15.9. The highest BCUT2D eigenvalue weighted by Gasteiger charge is 2.06. The van der Waals surface area contributed by atoms with Crippen molar-refractivity contribution >= 4 is 11.8 Å². The molecule has 116 valence electrons. The van der Waals surface area contributed by atoms with Gasteiger partial charge in [0.25, 0.3) is 0 Å². The summed E-state index contributed by atoms with van der Waals surface area (Å²) in [5.41, 5.74) is 8.05. The number of nitrogens with zero attached hydrogens (tertiary/aromatic N) is 2. The molecule has 1 aromatic carbocycles. The number of rotatable bonds is 5. The summed E-state index contributed by atoms with van der Waals surface area (Å²) < 4.78 is 5.83. The molecule has 2 rings (SSSR count). The number of guanidine groups is 1. The van der Waals surface area contributed by atoms with E-state index >= 15 is 0 Å². The lowest BCUT2D eigenvalue weighted by atomic mass is 10.1. The zero-order valence-electron chi connectivity index (χ0n) is 13.2. The first kappa shape index (κ1) is 15.8. The standard InChI is InChI=1S/C17H22N4O/c1-12(2)22-15-10-13(3)7-8-14(15)11-20-17(18)21-16-6-4-5-9-19-16/h4-10,12H,11H2,1-3H3,(H3,18,19,20,21). The number of benzene rings is 1. The second kappa shape index (κ2) is 7.45. The molecule has 22 heavy (non-hydrogen) atoms. The average molecular weight is 298 g/mol. The highest BCUT2D eigenvalue weighted by atomic mass is 16.5. The summed E-state index contributed by atoms with van der Waals surface area (Å²) in [7, 11) is 0. The van der Waals surface area contributed by atoms with Crippen LogP contribution in [0.1, 0.15) is 25.0 Å². The van der Waals surface area contributed by atoms with Crippen molar-refractivity contribution in [3.05, 3.63) is 53.7 Å². The minimum Gasteiger partial charge on any atom is -0.491 e. The van der Waals surface area contributed by atoms with Crippen molar-refractivity contribution in [2.24, 2.45) is 10.7 Å². The van der Waals surface area contributed by atoms with Gasteiger partial charge in [0.15, 0.2) is 5.96 Å². The third-order valence-corrected chi connectivity index (χ3v) is 2.93. The minimum absolute atomic E-state index is 0.119. The van der Waals surface area contributed by atoms with Crippen molar-refractivity contribution in [3.8, 4) is 5.75 Å². The molecule has 0 aliphatic carbocycles. The van der Waals surface area contributed by atoms with Gasteiger partial charge in [0.05, 0.1) is 12.6 Å². The van der Waals surface area contributed by atoms with E-state index in [0.717, 1.165) is 16.9 Å². The van der Waals surface area contributed by atoms with Crippen LogP contribution < -0.4 is 15.8 Å². The Kier molecular flexibility index (Phi) is 5.36. The Bertz CT molecular complexity index is 638. The van der Waals surface area contributed by atoms with Crippen LogP contribution in [0.25, 0.3) is 0 Å². The number of nitrogens with two attached hydrogens (primary N) is 1. The third-order valence-electron chi connectivity index (χ3n) is 2.93. The molecule has 0 radical (unpaired) electrons. The predicted molar refractivity (Wildman–Crippen MR) is 90.1 cm³/mol. The maximum absolute atomic E-state index is 5.89. The number of ether oxygens (including phenoxy) is 1. The number of anilines is 1. The Morgan fingerprint density at radius 1 is 1.32 bits per heavy atom. The van der Waals surface area contributed by atoms with Gasteiger partial charge >= 0.3 is 0 Å². The second-order valence-electron chi connectivity index (χ2n) is 5.32. The molecule has 5 heteroatoms. The third kappa shape index (κ3) is 4.77. The Hall–Kier alpha value is -2.56. The predicted octanol–water partition coefficient (Wildman–Crippen LogP) is 3.10. The highest BCUT2D eigenvalue weighted by Crippen LogP contribution is 2.22. The lowest BCUT2D eigenvalue weighted by Crippen LogP contribution is -2.23. The van der Waals surface area contributed by atoms with Gasteiger partial charge in [-0.2, -0.15) is 0 Å². The molecule has 0 atom stereocenters. The van der Waals surface area contributed by atoms with Crippen LogP contribution in [0.4, 0.5) is 5.82 Å². The van der Waals surface area contributed by atoms with Gasteiger partial charge in [-0.05, 0) is 44.5 Å². The molecule has 3 N–H and O–H groups in total. The maximum atomic E-state index is 5.89. The fourth-order valence-electron chi connectivity index (χ4n) is 1.93. The molecular weight excluding hydrogens is 276 g/mol. The number of aliphatic imine (C=N–C) groups is 1. The normalized spacial score (nSPS) is 11.5. The molecular formula is C17H22N4O. The molecule has 0 unspecified atom stereocenters. The van der Waals surface area contributed by atoms with Crippen LogP contribution in [0.15, 0.2) is 47.6 Å². The molecule has 2 aromatic rings. The Morgan fingerprint density at radius 2 is 2.14 bits per heavy atom. The number of hydrogen-bond donors (Lipinski definition) is 2. The summed E-state index contributed by atoms with van der Waals surface area (Å²) in [4.78, 5) is 8.50. The zero-order valence-corrected chi connectivity index (χ0v) is 13.2. The first-order chi connectivity index (χ1) is 10.5. The summed E-state index contributed by atoms with van der Waals surface area (Å²) in [6.07, 6.45) is 1.82. The lowest BCUT2D eigenvalue weighted by molar-refractivity contribution is 0.240. The van der Waals surface area contributed by atoms with Gasteiger partial charge in [0.2, 0.25) is 0 Å². The van der Waals surface area contributed by atoms with E-state index in [9.17, 15) is 0 Å².